The summed E-state index contributed by atoms with van der Waals surface area (Å²) in [5, 5.41) is 2.51. The minimum absolute atomic E-state index is 1.15. The Morgan fingerprint density at radius 2 is 0.987 bits per heavy atom. The number of allylic oxidation sites excluding steroid dienone is 9. The van der Waals surface area contributed by atoms with Crippen molar-refractivity contribution in [2.24, 2.45) is 0 Å². The highest BCUT2D eigenvalue weighted by molar-refractivity contribution is 6.10. The SMILES string of the molecule is C1=CCCC=C1.C=C/C=C\C(=C/C)c1ccc(C)c(-c2cc(-n3c4ccccc4c4cc(-c5cccc(-c6cccc(C)c6)c5)ccc43)ccc2C)c1.CC.CC.Cc1cccc(-c2cccc(-c3cccnc3)c2)c1. The van der Waals surface area contributed by atoms with Crippen molar-refractivity contribution < 1.29 is 0 Å². The van der Waals surface area contributed by atoms with Gasteiger partial charge in [-0.3, -0.25) is 4.98 Å². The molecule has 0 bridgehead atoms. The number of hydrogen-bond acceptors (Lipinski definition) is 1. The summed E-state index contributed by atoms with van der Waals surface area (Å²) in [5.74, 6) is 0. The third-order valence-corrected chi connectivity index (χ3v) is 13.4. The van der Waals surface area contributed by atoms with E-state index in [-0.39, 0.29) is 0 Å². The molecule has 0 saturated heterocycles. The molecule has 11 rings (SSSR count). The molecule has 380 valence electrons. The fraction of sp³-hybridized carbons (Fsp3) is 0.149. The van der Waals surface area contributed by atoms with Gasteiger partial charge >= 0.3 is 0 Å². The van der Waals surface area contributed by atoms with Crippen molar-refractivity contribution in [2.45, 2.75) is 75.2 Å². The quantitative estimate of drug-likeness (QED) is 0.132. The molecule has 76 heavy (non-hydrogen) atoms. The molecule has 2 heteroatoms. The van der Waals surface area contributed by atoms with Gasteiger partial charge in [-0.1, -0.05) is 227 Å². The van der Waals surface area contributed by atoms with E-state index >= 15 is 0 Å². The highest BCUT2D eigenvalue weighted by Gasteiger charge is 2.16. The van der Waals surface area contributed by atoms with E-state index in [9.17, 15) is 0 Å². The van der Waals surface area contributed by atoms with Gasteiger partial charge in [-0.15, -0.1) is 0 Å². The second-order valence-electron chi connectivity index (χ2n) is 18.5. The van der Waals surface area contributed by atoms with Gasteiger partial charge in [-0.2, -0.15) is 0 Å². The van der Waals surface area contributed by atoms with Crippen LogP contribution in [0.3, 0.4) is 0 Å². The van der Waals surface area contributed by atoms with Gasteiger partial charge in [0.2, 0.25) is 0 Å². The molecule has 8 aromatic carbocycles. The average molecular weight is 991 g/mol. The highest BCUT2D eigenvalue weighted by Crippen LogP contribution is 2.38. The van der Waals surface area contributed by atoms with Gasteiger partial charge in [0.1, 0.15) is 0 Å². The Balaban J connectivity index is 0.000000237. The number of fused-ring (bicyclic) bond motifs is 3. The van der Waals surface area contributed by atoms with Crippen LogP contribution in [-0.4, -0.2) is 9.55 Å². The number of hydrogen-bond donors (Lipinski definition) is 0. The van der Waals surface area contributed by atoms with E-state index in [0.29, 0.717) is 0 Å². The van der Waals surface area contributed by atoms with Gasteiger partial charge in [-0.25, -0.2) is 0 Å². The molecule has 0 spiro atoms. The van der Waals surface area contributed by atoms with Gasteiger partial charge in [0.05, 0.1) is 11.0 Å². The largest absolute Gasteiger partial charge is 0.309 e. The van der Waals surface area contributed by atoms with Crippen LogP contribution in [0.1, 0.15) is 75.3 Å². The molecule has 0 atom stereocenters. The number of para-hydroxylation sites is 1. The fourth-order valence-electron chi connectivity index (χ4n) is 9.57. The standard InChI is InChI=1S/C46H39N.C18H15N.C6H8.2C2H6/c1-6-8-14-34(7-2)38-22-20-32(4)42(28-38)43-30-40(24-21-33(43)5)47-45-19-10-9-18-41(45)44-29-39(23-25-46(44)47)37-17-12-16-36(27-37)35-15-11-13-31(3)26-35;1-14-5-2-6-15(11-14)16-7-3-8-17(12-16)18-9-4-10-19-13-18;1-2-4-6-5-3-1;2*1-2/h6-30H,1H2,2-5H3;2-13H,1H3;1-4H,5-6H2;2*1-2H3/b14-8-,34-7+;;;;. The summed E-state index contributed by atoms with van der Waals surface area (Å²) in [6.07, 6.45) is 22.8. The lowest BCUT2D eigenvalue weighted by Gasteiger charge is -2.16. The Labute approximate surface area is 454 Å². The fourth-order valence-corrected chi connectivity index (χ4v) is 9.57. The van der Waals surface area contributed by atoms with Crippen LogP contribution < -0.4 is 0 Å². The van der Waals surface area contributed by atoms with E-state index in [0.717, 1.165) is 11.3 Å². The van der Waals surface area contributed by atoms with Crippen LogP contribution in [0.25, 0.3) is 88.7 Å². The number of aromatic nitrogens is 2. The van der Waals surface area contributed by atoms with Crippen molar-refractivity contribution >= 4 is 27.4 Å². The van der Waals surface area contributed by atoms with Crippen LogP contribution in [-0.2, 0) is 0 Å². The molecule has 0 aliphatic heterocycles. The first-order chi connectivity index (χ1) is 37.3. The van der Waals surface area contributed by atoms with E-state index in [1.807, 2.05) is 52.1 Å². The number of rotatable bonds is 9. The molecule has 0 radical (unpaired) electrons. The molecule has 2 nitrogen and oxygen atoms in total. The van der Waals surface area contributed by atoms with Crippen molar-refractivity contribution in [3.63, 3.8) is 0 Å². The third kappa shape index (κ3) is 13.6. The zero-order valence-electron chi connectivity index (χ0n) is 46.2. The van der Waals surface area contributed by atoms with Crippen molar-refractivity contribution in [2.75, 3.05) is 0 Å². The minimum Gasteiger partial charge on any atom is -0.309 e. The normalized spacial score (nSPS) is 11.6. The summed E-state index contributed by atoms with van der Waals surface area (Å²) in [6, 6.07) is 68.2. The maximum absolute atomic E-state index is 4.18. The molecule has 2 heterocycles. The molecule has 0 fully saturated rings. The first-order valence-electron chi connectivity index (χ1n) is 27.1. The van der Waals surface area contributed by atoms with Crippen LogP contribution in [0.4, 0.5) is 0 Å². The average Bonchev–Trinajstić information content (AvgIpc) is 3.83. The first kappa shape index (κ1) is 55.2. The summed E-state index contributed by atoms with van der Waals surface area (Å²) in [7, 11) is 0. The lowest BCUT2D eigenvalue weighted by Crippen LogP contribution is -1.97. The lowest BCUT2D eigenvalue weighted by atomic mass is 9.92. The summed E-state index contributed by atoms with van der Waals surface area (Å²) >= 11 is 0. The summed E-state index contributed by atoms with van der Waals surface area (Å²) in [6.45, 7) is 22.6. The van der Waals surface area contributed by atoms with E-state index in [1.54, 1.807) is 6.20 Å². The Bertz CT molecular complexity index is 3640. The molecule has 0 saturated carbocycles. The van der Waals surface area contributed by atoms with Gasteiger partial charge in [0.15, 0.2) is 0 Å². The highest BCUT2D eigenvalue weighted by atomic mass is 15.0. The Morgan fingerprint density at radius 3 is 1.53 bits per heavy atom. The summed E-state index contributed by atoms with van der Waals surface area (Å²) in [5.41, 5.74) is 23.3. The third-order valence-electron chi connectivity index (χ3n) is 13.4. The van der Waals surface area contributed by atoms with Crippen LogP contribution in [0.15, 0.2) is 256 Å². The van der Waals surface area contributed by atoms with E-state index in [1.165, 1.54) is 118 Å². The molecule has 1 aliphatic carbocycles. The van der Waals surface area contributed by atoms with E-state index in [2.05, 4.69) is 269 Å². The molecular weight excluding hydrogens is 917 g/mol. The van der Waals surface area contributed by atoms with Gasteiger partial charge in [0.25, 0.3) is 0 Å². The zero-order valence-corrected chi connectivity index (χ0v) is 46.2. The van der Waals surface area contributed by atoms with Crippen LogP contribution in [0, 0.1) is 27.7 Å². The molecular formula is C74H74N2. The van der Waals surface area contributed by atoms with Crippen molar-refractivity contribution in [1.82, 2.24) is 9.55 Å². The summed E-state index contributed by atoms with van der Waals surface area (Å²) < 4.78 is 2.42. The number of pyridine rings is 1. The Hall–Kier alpha value is -8.59. The van der Waals surface area contributed by atoms with Gasteiger partial charge < -0.3 is 4.57 Å². The zero-order chi connectivity index (χ0) is 53.8. The van der Waals surface area contributed by atoms with Crippen LogP contribution >= 0.6 is 0 Å². The predicted molar refractivity (Wildman–Crippen MR) is 334 cm³/mol. The van der Waals surface area contributed by atoms with E-state index in [4.69, 9.17) is 0 Å². The van der Waals surface area contributed by atoms with Gasteiger partial charge in [0, 0.05) is 34.4 Å². The van der Waals surface area contributed by atoms with Gasteiger partial charge in [-0.05, 0) is 174 Å². The summed E-state index contributed by atoms with van der Waals surface area (Å²) in [4.78, 5) is 4.18. The van der Waals surface area contributed by atoms with E-state index < -0.39 is 0 Å². The topological polar surface area (TPSA) is 17.8 Å². The molecule has 1 aliphatic rings. The Morgan fingerprint density at radius 1 is 0.474 bits per heavy atom. The second kappa shape index (κ2) is 27.6. The first-order valence-corrected chi connectivity index (χ1v) is 27.1. The lowest BCUT2D eigenvalue weighted by molar-refractivity contribution is 1.04. The van der Waals surface area contributed by atoms with Crippen molar-refractivity contribution in [3.05, 3.63) is 283 Å². The number of benzene rings is 8. The van der Waals surface area contributed by atoms with Crippen LogP contribution in [0.2, 0.25) is 0 Å². The van der Waals surface area contributed by atoms with Crippen LogP contribution in [0.5, 0.6) is 0 Å². The predicted octanol–water partition coefficient (Wildman–Crippen LogP) is 21.5. The number of nitrogens with zero attached hydrogens (tertiary/aromatic N) is 2. The second-order valence-corrected chi connectivity index (χ2v) is 18.5. The van der Waals surface area contributed by atoms with Crippen molar-refractivity contribution in [3.8, 4) is 61.3 Å². The minimum atomic E-state index is 1.15. The molecule has 0 unspecified atom stereocenters. The smallest absolute Gasteiger partial charge is 0.0541 e. The molecule has 10 aromatic rings. The molecule has 0 amide bonds. The number of aryl methyl sites for hydroxylation is 4. The van der Waals surface area contributed by atoms with Crippen molar-refractivity contribution in [1.29, 1.82) is 0 Å². The molecule has 0 N–H and O–H groups in total. The monoisotopic (exact) mass is 991 g/mol. The maximum Gasteiger partial charge on any atom is 0.0541 e. The maximum atomic E-state index is 4.18. The molecule has 2 aromatic heterocycles. The Kier molecular flexibility index (Phi) is 20.1.